The number of hydrogen-bond acceptors (Lipinski definition) is 4. The van der Waals surface area contributed by atoms with Crippen molar-refractivity contribution >= 4 is 33.5 Å². The molecule has 0 saturated carbocycles. The van der Waals surface area contributed by atoms with Gasteiger partial charge in [-0.2, -0.15) is 0 Å². The molecule has 0 atom stereocenters. The average molecular weight is 319 g/mol. The second-order valence-electron chi connectivity index (χ2n) is 5.51. The number of anilines is 1. The summed E-state index contributed by atoms with van der Waals surface area (Å²) in [4.78, 5) is 23.7. The fourth-order valence-corrected chi connectivity index (χ4v) is 2.73. The highest BCUT2D eigenvalue weighted by Gasteiger charge is 2.17. The molecule has 4 rings (SSSR count). The minimum Gasteiger partial charge on any atom is -0.451 e. The van der Waals surface area contributed by atoms with Crippen molar-refractivity contribution in [3.05, 3.63) is 76.3 Å². The Morgan fingerprint density at radius 1 is 0.958 bits per heavy atom. The van der Waals surface area contributed by atoms with E-state index in [1.807, 2.05) is 31.2 Å². The van der Waals surface area contributed by atoms with Crippen LogP contribution in [0.2, 0.25) is 0 Å². The van der Waals surface area contributed by atoms with Gasteiger partial charge >= 0.3 is 5.63 Å². The number of rotatable bonds is 2. The van der Waals surface area contributed by atoms with Crippen LogP contribution in [0.1, 0.15) is 16.1 Å². The number of fused-ring (bicyclic) bond motifs is 2. The van der Waals surface area contributed by atoms with Crippen LogP contribution in [0.4, 0.5) is 5.69 Å². The summed E-state index contributed by atoms with van der Waals surface area (Å²) in [6.45, 7) is 1.86. The van der Waals surface area contributed by atoms with Gasteiger partial charge in [-0.05, 0) is 37.3 Å². The van der Waals surface area contributed by atoms with Crippen molar-refractivity contribution in [2.75, 3.05) is 5.32 Å². The lowest BCUT2D eigenvalue weighted by Crippen LogP contribution is -2.12. The summed E-state index contributed by atoms with van der Waals surface area (Å²) in [6, 6.07) is 15.6. The topological polar surface area (TPSA) is 72.5 Å². The predicted octanol–water partition coefficient (Wildman–Crippen LogP) is 4.10. The normalized spacial score (nSPS) is 11.0. The van der Waals surface area contributed by atoms with Gasteiger partial charge in [0.25, 0.3) is 5.91 Å². The average Bonchev–Trinajstić information content (AvgIpc) is 2.92. The molecule has 0 aliphatic heterocycles. The van der Waals surface area contributed by atoms with Gasteiger partial charge in [0.2, 0.25) is 0 Å². The van der Waals surface area contributed by atoms with Crippen molar-refractivity contribution in [2.45, 2.75) is 6.92 Å². The summed E-state index contributed by atoms with van der Waals surface area (Å²) in [6.07, 6.45) is 0. The Bertz CT molecular complexity index is 1140. The highest BCUT2D eigenvalue weighted by molar-refractivity contribution is 6.07. The van der Waals surface area contributed by atoms with Gasteiger partial charge in [0.1, 0.15) is 11.2 Å². The van der Waals surface area contributed by atoms with Crippen LogP contribution < -0.4 is 10.9 Å². The van der Waals surface area contributed by atoms with E-state index in [4.69, 9.17) is 8.83 Å². The summed E-state index contributed by atoms with van der Waals surface area (Å²) in [5.74, 6) is -0.0312. The van der Waals surface area contributed by atoms with E-state index in [-0.39, 0.29) is 11.7 Å². The maximum absolute atomic E-state index is 12.5. The van der Waals surface area contributed by atoms with Gasteiger partial charge < -0.3 is 14.2 Å². The largest absolute Gasteiger partial charge is 0.451 e. The SMILES string of the molecule is Cc1c(C(=O)Nc2ccc3oc(=O)ccc3c2)oc2ccccc12. The summed E-state index contributed by atoms with van der Waals surface area (Å²) >= 11 is 0. The van der Waals surface area contributed by atoms with Crippen molar-refractivity contribution in [2.24, 2.45) is 0 Å². The van der Waals surface area contributed by atoms with E-state index >= 15 is 0 Å². The van der Waals surface area contributed by atoms with Crippen molar-refractivity contribution in [3.63, 3.8) is 0 Å². The first-order chi connectivity index (χ1) is 11.6. The number of furan rings is 1. The van der Waals surface area contributed by atoms with Crippen LogP contribution >= 0.6 is 0 Å². The molecule has 0 bridgehead atoms. The van der Waals surface area contributed by atoms with Gasteiger partial charge in [0, 0.05) is 28.1 Å². The molecule has 0 aliphatic rings. The zero-order chi connectivity index (χ0) is 16.7. The second kappa shape index (κ2) is 5.38. The first-order valence-electron chi connectivity index (χ1n) is 7.45. The Labute approximate surface area is 136 Å². The van der Waals surface area contributed by atoms with Crippen LogP contribution in [0, 0.1) is 6.92 Å². The molecule has 0 radical (unpaired) electrons. The van der Waals surface area contributed by atoms with Crippen LogP contribution in [-0.4, -0.2) is 5.91 Å². The summed E-state index contributed by atoms with van der Waals surface area (Å²) in [7, 11) is 0. The fraction of sp³-hybridized carbons (Fsp3) is 0.0526. The van der Waals surface area contributed by atoms with Crippen molar-refractivity contribution in [1.82, 2.24) is 0 Å². The molecule has 24 heavy (non-hydrogen) atoms. The molecule has 1 N–H and O–H groups in total. The molecule has 0 fully saturated rings. The third-order valence-corrected chi connectivity index (χ3v) is 3.93. The zero-order valence-corrected chi connectivity index (χ0v) is 12.8. The van der Waals surface area contributed by atoms with Crippen LogP contribution in [0.15, 0.2) is 68.2 Å². The number of hydrogen-bond donors (Lipinski definition) is 1. The van der Waals surface area contributed by atoms with Gasteiger partial charge in [0.15, 0.2) is 5.76 Å². The molecule has 0 spiro atoms. The van der Waals surface area contributed by atoms with Gasteiger partial charge in [-0.15, -0.1) is 0 Å². The van der Waals surface area contributed by atoms with Gasteiger partial charge in [-0.3, -0.25) is 4.79 Å². The van der Waals surface area contributed by atoms with Gasteiger partial charge in [0.05, 0.1) is 0 Å². The Kier molecular flexibility index (Phi) is 3.20. The Morgan fingerprint density at radius 2 is 1.79 bits per heavy atom. The van der Waals surface area contributed by atoms with Crippen LogP contribution in [-0.2, 0) is 0 Å². The lowest BCUT2D eigenvalue weighted by Gasteiger charge is -2.05. The number of amides is 1. The minimum atomic E-state index is -0.405. The molecule has 0 saturated heterocycles. The number of nitrogens with one attached hydrogen (secondary N) is 1. The molecule has 0 aliphatic carbocycles. The highest BCUT2D eigenvalue weighted by atomic mass is 16.4. The van der Waals surface area contributed by atoms with Crippen molar-refractivity contribution < 1.29 is 13.6 Å². The fourth-order valence-electron chi connectivity index (χ4n) is 2.73. The van der Waals surface area contributed by atoms with Gasteiger partial charge in [-0.1, -0.05) is 18.2 Å². The molecule has 2 aromatic carbocycles. The van der Waals surface area contributed by atoms with E-state index in [1.165, 1.54) is 6.07 Å². The molecule has 4 aromatic rings. The second-order valence-corrected chi connectivity index (χ2v) is 5.51. The lowest BCUT2D eigenvalue weighted by atomic mass is 10.1. The van der Waals surface area contributed by atoms with Crippen molar-refractivity contribution in [3.8, 4) is 0 Å². The molecule has 2 aromatic heterocycles. The molecular formula is C19H13NO4. The quantitative estimate of drug-likeness (QED) is 0.565. The molecule has 1 amide bonds. The number of benzene rings is 2. The monoisotopic (exact) mass is 319 g/mol. The number of carbonyl (C=O) groups excluding carboxylic acids is 1. The molecule has 0 unspecified atom stereocenters. The van der Waals surface area contributed by atoms with E-state index in [0.717, 1.165) is 16.3 Å². The highest BCUT2D eigenvalue weighted by Crippen LogP contribution is 2.26. The summed E-state index contributed by atoms with van der Waals surface area (Å²) in [5, 5.41) is 4.46. The Hall–Kier alpha value is -3.34. The van der Waals surface area contributed by atoms with Crippen LogP contribution in [0.25, 0.3) is 21.9 Å². The Morgan fingerprint density at radius 3 is 2.62 bits per heavy atom. The molecule has 2 heterocycles. The zero-order valence-electron chi connectivity index (χ0n) is 12.8. The minimum absolute atomic E-state index is 0.288. The van der Waals surface area contributed by atoms with Gasteiger partial charge in [-0.25, -0.2) is 4.79 Å². The maximum atomic E-state index is 12.5. The lowest BCUT2D eigenvalue weighted by molar-refractivity contribution is 0.0998. The molecule has 5 nitrogen and oxygen atoms in total. The number of para-hydroxylation sites is 1. The summed E-state index contributed by atoms with van der Waals surface area (Å²) < 4.78 is 10.7. The standard InChI is InChI=1S/C19H13NO4/c1-11-14-4-2-3-5-16(14)24-18(11)19(22)20-13-7-8-15-12(10-13)6-9-17(21)23-15/h2-10H,1H3,(H,20,22). The third-order valence-electron chi connectivity index (χ3n) is 3.93. The predicted molar refractivity (Wildman–Crippen MR) is 91.4 cm³/mol. The third kappa shape index (κ3) is 2.36. The first-order valence-corrected chi connectivity index (χ1v) is 7.45. The van der Waals surface area contributed by atoms with Crippen LogP contribution in [0.3, 0.4) is 0 Å². The maximum Gasteiger partial charge on any atom is 0.336 e. The molecular weight excluding hydrogens is 306 g/mol. The molecule has 118 valence electrons. The number of carbonyl (C=O) groups is 1. The van der Waals surface area contributed by atoms with Crippen LogP contribution in [0.5, 0.6) is 0 Å². The Balaban J connectivity index is 1.69. The summed E-state index contributed by atoms with van der Waals surface area (Å²) in [5.41, 5.74) is 2.15. The first kappa shape index (κ1) is 14.3. The smallest absolute Gasteiger partial charge is 0.336 e. The van der Waals surface area contributed by atoms with Crippen molar-refractivity contribution in [1.29, 1.82) is 0 Å². The van der Waals surface area contributed by atoms with E-state index < -0.39 is 5.63 Å². The van der Waals surface area contributed by atoms with E-state index in [2.05, 4.69) is 5.32 Å². The van der Waals surface area contributed by atoms with E-state index in [0.29, 0.717) is 16.9 Å². The van der Waals surface area contributed by atoms with E-state index in [1.54, 1.807) is 24.3 Å². The molecule has 5 heteroatoms. The number of aryl methyl sites for hydroxylation is 1. The van der Waals surface area contributed by atoms with E-state index in [9.17, 15) is 9.59 Å².